The summed E-state index contributed by atoms with van der Waals surface area (Å²) < 4.78 is 0. The molecule has 92 valence electrons. The molecule has 0 unspecified atom stereocenters. The van der Waals surface area contributed by atoms with E-state index in [-0.39, 0.29) is 32.8 Å². The van der Waals surface area contributed by atoms with E-state index < -0.39 is 0 Å². The number of azo groups is 1. The summed E-state index contributed by atoms with van der Waals surface area (Å²) in [5.41, 5.74) is 7.40. The zero-order valence-electron chi connectivity index (χ0n) is 10.3. The van der Waals surface area contributed by atoms with Crippen molar-refractivity contribution in [3.8, 4) is 0 Å². The van der Waals surface area contributed by atoms with Crippen molar-refractivity contribution < 1.29 is 27.7 Å². The van der Waals surface area contributed by atoms with Gasteiger partial charge >= 0.3 is 0 Å². The van der Waals surface area contributed by atoms with Crippen molar-refractivity contribution in [1.82, 2.24) is 5.43 Å². The first kappa shape index (κ1) is 15.7. The van der Waals surface area contributed by atoms with Gasteiger partial charge in [0.1, 0.15) is 0 Å². The quantitative estimate of drug-likeness (QED) is 0.321. The zero-order chi connectivity index (χ0) is 12.6. The summed E-state index contributed by atoms with van der Waals surface area (Å²) in [6, 6.07) is 19.1. The minimum Gasteiger partial charge on any atom is -0.299 e. The van der Waals surface area contributed by atoms with Crippen molar-refractivity contribution >= 4 is 28.7 Å². The van der Waals surface area contributed by atoms with Crippen LogP contribution in [0.2, 0.25) is 0 Å². The number of hydrogen-bond donors (Lipinski definition) is 2. The first-order valence-electron chi connectivity index (χ1n) is 5.42. The second kappa shape index (κ2) is 8.71. The second-order valence-electron chi connectivity index (χ2n) is 3.46. The summed E-state index contributed by atoms with van der Waals surface area (Å²) in [5.74, 6) is 0. The number of hydrogen-bond acceptors (Lipinski definition) is 3. The SMILES string of the molecule is S=C(/N=N/c1ccccc1)NNc1ccccc1.[Hg]. The minimum atomic E-state index is 0. The molecule has 0 spiro atoms. The number of nitrogens with zero attached hydrogens (tertiary/aromatic N) is 2. The van der Waals surface area contributed by atoms with Crippen molar-refractivity contribution in [2.75, 3.05) is 5.43 Å². The number of nitrogens with one attached hydrogen (secondary N) is 2. The molecule has 0 aliphatic heterocycles. The summed E-state index contributed by atoms with van der Waals surface area (Å²) in [5, 5.41) is 8.17. The van der Waals surface area contributed by atoms with Crippen molar-refractivity contribution in [3.05, 3.63) is 60.7 Å². The monoisotopic (exact) mass is 458 g/mol. The van der Waals surface area contributed by atoms with Crippen LogP contribution in [-0.2, 0) is 27.7 Å². The zero-order valence-corrected chi connectivity index (χ0v) is 16.6. The molecule has 0 bridgehead atoms. The van der Waals surface area contributed by atoms with Gasteiger partial charge in [0, 0.05) is 27.7 Å². The molecule has 4 nitrogen and oxygen atoms in total. The van der Waals surface area contributed by atoms with Crippen LogP contribution in [0, 0.1) is 0 Å². The summed E-state index contributed by atoms with van der Waals surface area (Å²) in [7, 11) is 0. The average molecular weight is 457 g/mol. The maximum absolute atomic E-state index is 5.02. The van der Waals surface area contributed by atoms with Crippen LogP contribution in [0.25, 0.3) is 0 Å². The molecule has 19 heavy (non-hydrogen) atoms. The number of thiocarbonyl (C=S) groups is 1. The predicted octanol–water partition coefficient (Wildman–Crippen LogP) is 3.67. The molecule has 2 aromatic carbocycles. The third kappa shape index (κ3) is 5.89. The largest absolute Gasteiger partial charge is 0.299 e. The molecule has 0 aliphatic carbocycles. The Bertz CT molecular complexity index is 531. The molecule has 0 heterocycles. The fourth-order valence-corrected chi connectivity index (χ4v) is 1.36. The third-order valence-corrected chi connectivity index (χ3v) is 2.28. The Kier molecular flexibility index (Phi) is 7.21. The van der Waals surface area contributed by atoms with Gasteiger partial charge in [0.15, 0.2) is 0 Å². The summed E-state index contributed by atoms with van der Waals surface area (Å²) in [6.07, 6.45) is 0. The standard InChI is InChI=1S/C13H12N4S.Hg/c18-13(16-14-11-7-3-1-4-8-11)17-15-12-9-5-2-6-10-12;/h1-10,14H,(H,16,18);/b17-15+;. The van der Waals surface area contributed by atoms with E-state index in [1.807, 2.05) is 60.7 Å². The van der Waals surface area contributed by atoms with Crippen LogP contribution in [0.5, 0.6) is 0 Å². The Morgan fingerprint density at radius 2 is 1.47 bits per heavy atom. The Morgan fingerprint density at radius 1 is 0.895 bits per heavy atom. The number of para-hydroxylation sites is 1. The number of benzene rings is 2. The van der Waals surface area contributed by atoms with Crippen LogP contribution in [0.15, 0.2) is 70.9 Å². The van der Waals surface area contributed by atoms with E-state index in [0.717, 1.165) is 11.4 Å². The van der Waals surface area contributed by atoms with E-state index in [1.54, 1.807) is 0 Å². The number of anilines is 1. The summed E-state index contributed by atoms with van der Waals surface area (Å²) in [6.45, 7) is 0. The second-order valence-corrected chi connectivity index (χ2v) is 3.84. The van der Waals surface area contributed by atoms with Gasteiger partial charge in [0.05, 0.1) is 11.4 Å². The van der Waals surface area contributed by atoms with Gasteiger partial charge in [-0.2, -0.15) is 0 Å². The van der Waals surface area contributed by atoms with E-state index in [4.69, 9.17) is 12.2 Å². The smallest absolute Gasteiger partial charge is 0.232 e. The third-order valence-electron chi connectivity index (χ3n) is 2.10. The van der Waals surface area contributed by atoms with Crippen molar-refractivity contribution in [1.29, 1.82) is 0 Å². The number of hydrazine groups is 1. The molecule has 2 rings (SSSR count). The minimum absolute atomic E-state index is 0. The molecule has 2 N–H and O–H groups in total. The molecule has 0 atom stereocenters. The van der Waals surface area contributed by atoms with Gasteiger partial charge in [-0.15, -0.1) is 10.2 Å². The molecule has 0 saturated heterocycles. The molecular weight excluding hydrogens is 445 g/mol. The molecule has 2 aromatic rings. The van der Waals surface area contributed by atoms with E-state index in [1.165, 1.54) is 0 Å². The topological polar surface area (TPSA) is 48.8 Å². The molecular formula is C13H12HgN4S. The van der Waals surface area contributed by atoms with Crippen molar-refractivity contribution in [3.63, 3.8) is 0 Å². The maximum Gasteiger partial charge on any atom is 0.232 e. The van der Waals surface area contributed by atoms with Crippen molar-refractivity contribution in [2.24, 2.45) is 10.2 Å². The first-order valence-corrected chi connectivity index (χ1v) is 5.83. The summed E-state index contributed by atoms with van der Waals surface area (Å²) >= 11 is 5.02. The van der Waals surface area contributed by atoms with Crippen LogP contribution >= 0.6 is 12.2 Å². The van der Waals surface area contributed by atoms with E-state index in [0.29, 0.717) is 0 Å². The van der Waals surface area contributed by atoms with Gasteiger partial charge in [0.2, 0.25) is 5.11 Å². The van der Waals surface area contributed by atoms with Gasteiger partial charge in [0.25, 0.3) is 0 Å². The van der Waals surface area contributed by atoms with Crippen LogP contribution in [0.1, 0.15) is 0 Å². The van der Waals surface area contributed by atoms with Gasteiger partial charge in [-0.3, -0.25) is 10.9 Å². The number of rotatable bonds is 3. The van der Waals surface area contributed by atoms with Crippen LogP contribution < -0.4 is 10.9 Å². The van der Waals surface area contributed by atoms with Gasteiger partial charge < -0.3 is 0 Å². The van der Waals surface area contributed by atoms with Crippen LogP contribution in [0.4, 0.5) is 11.4 Å². The fourth-order valence-electron chi connectivity index (χ4n) is 1.27. The van der Waals surface area contributed by atoms with Crippen molar-refractivity contribution in [2.45, 2.75) is 0 Å². The van der Waals surface area contributed by atoms with E-state index >= 15 is 0 Å². The Morgan fingerprint density at radius 3 is 2.11 bits per heavy atom. The first-order chi connectivity index (χ1) is 8.84. The molecule has 0 radical (unpaired) electrons. The molecule has 6 heteroatoms. The van der Waals surface area contributed by atoms with Crippen LogP contribution in [0.3, 0.4) is 0 Å². The Hall–Kier alpha value is -1.33. The van der Waals surface area contributed by atoms with Crippen LogP contribution in [-0.4, -0.2) is 5.11 Å². The Labute approximate surface area is 137 Å². The normalized spacial score (nSPS) is 9.68. The Balaban J connectivity index is 0.00000180. The summed E-state index contributed by atoms with van der Waals surface area (Å²) in [4.78, 5) is 0. The molecule has 0 saturated carbocycles. The average Bonchev–Trinajstić information content (AvgIpc) is 2.45. The predicted molar refractivity (Wildman–Crippen MR) is 76.8 cm³/mol. The molecule has 0 aromatic heterocycles. The fraction of sp³-hybridized carbons (Fsp3) is 0. The van der Waals surface area contributed by atoms with E-state index in [9.17, 15) is 0 Å². The molecule has 0 amide bonds. The van der Waals surface area contributed by atoms with Gasteiger partial charge in [-0.1, -0.05) is 36.4 Å². The van der Waals surface area contributed by atoms with Gasteiger partial charge in [-0.25, -0.2) is 0 Å². The van der Waals surface area contributed by atoms with Gasteiger partial charge in [-0.05, 0) is 36.5 Å². The molecule has 0 aliphatic rings. The molecule has 0 fully saturated rings. The maximum atomic E-state index is 5.02. The van der Waals surface area contributed by atoms with E-state index in [2.05, 4.69) is 21.1 Å².